The smallest absolute Gasteiger partial charge is 0.475 e. The van der Waals surface area contributed by atoms with Gasteiger partial charge in [0.15, 0.2) is 5.82 Å². The Kier molecular flexibility index (Phi) is 8.81. The van der Waals surface area contributed by atoms with Crippen LogP contribution in [-0.2, 0) is 4.79 Å². The van der Waals surface area contributed by atoms with Crippen molar-refractivity contribution in [3.8, 4) is 11.4 Å². The minimum Gasteiger partial charge on any atom is -0.475 e. The lowest BCUT2D eigenvalue weighted by atomic mass is 10.1. The number of rotatable bonds is 5. The molecular weight excluding hydrogens is 473 g/mol. The number of nitrogens with zero attached hydrogens (tertiary/aromatic N) is 5. The largest absolute Gasteiger partial charge is 0.490 e. The van der Waals surface area contributed by atoms with Crippen LogP contribution in [0.1, 0.15) is 18.2 Å². The molecule has 8 nitrogen and oxygen atoms in total. The maximum absolute atomic E-state index is 10.6. The third kappa shape index (κ3) is 7.38. The van der Waals surface area contributed by atoms with Gasteiger partial charge >= 0.3 is 12.1 Å². The number of likely N-dealkylation sites (N-methyl/N-ethyl adjacent to an activating group) is 1. The summed E-state index contributed by atoms with van der Waals surface area (Å²) in [5.41, 5.74) is 5.53. The number of anilines is 3. The number of alkyl halides is 3. The van der Waals surface area contributed by atoms with Crippen molar-refractivity contribution < 1.29 is 23.1 Å². The number of aliphatic carboxylic acids is 1. The van der Waals surface area contributed by atoms with E-state index in [2.05, 4.69) is 57.1 Å². The monoisotopic (exact) mass is 502 g/mol. The van der Waals surface area contributed by atoms with Crippen molar-refractivity contribution in [3.63, 3.8) is 0 Å². The summed E-state index contributed by atoms with van der Waals surface area (Å²) in [4.78, 5) is 27.2. The molecule has 0 radical (unpaired) electrons. The minimum absolute atomic E-state index is 0.706. The molecule has 3 heterocycles. The summed E-state index contributed by atoms with van der Waals surface area (Å²) < 4.78 is 31.7. The molecule has 0 bridgehead atoms. The number of hydrogen-bond acceptors (Lipinski definition) is 7. The summed E-state index contributed by atoms with van der Waals surface area (Å²) >= 11 is 0. The van der Waals surface area contributed by atoms with Gasteiger partial charge in [0.2, 0.25) is 0 Å². The van der Waals surface area contributed by atoms with Crippen molar-refractivity contribution in [1.29, 1.82) is 0 Å². The number of carboxylic acid groups (broad SMARTS) is 1. The third-order valence-corrected chi connectivity index (χ3v) is 5.66. The molecule has 11 heteroatoms. The number of piperazine rings is 1. The lowest BCUT2D eigenvalue weighted by molar-refractivity contribution is -0.192. The molecule has 192 valence electrons. The molecule has 0 atom stereocenters. The molecule has 1 aliphatic heterocycles. The molecule has 1 aliphatic rings. The van der Waals surface area contributed by atoms with Gasteiger partial charge in [-0.25, -0.2) is 14.8 Å². The van der Waals surface area contributed by atoms with E-state index < -0.39 is 12.1 Å². The molecule has 0 aliphatic carbocycles. The first-order chi connectivity index (χ1) is 17.1. The molecule has 1 fully saturated rings. The minimum atomic E-state index is -5.08. The van der Waals surface area contributed by atoms with Gasteiger partial charge in [-0.1, -0.05) is 6.92 Å². The predicted octanol–water partition coefficient (Wildman–Crippen LogP) is 4.67. The number of nitrogens with one attached hydrogen (secondary N) is 1. The first kappa shape index (κ1) is 26.9. The second-order valence-corrected chi connectivity index (χ2v) is 8.30. The van der Waals surface area contributed by atoms with Gasteiger partial charge in [-0.05, 0) is 56.3 Å². The van der Waals surface area contributed by atoms with Crippen LogP contribution in [0.5, 0.6) is 0 Å². The Morgan fingerprint density at radius 1 is 1.03 bits per heavy atom. The molecule has 4 rings (SSSR count). The fourth-order valence-electron chi connectivity index (χ4n) is 3.80. The van der Waals surface area contributed by atoms with E-state index in [-0.39, 0.29) is 0 Å². The fraction of sp³-hybridized carbons (Fsp3) is 0.360. The van der Waals surface area contributed by atoms with Gasteiger partial charge in [-0.3, -0.25) is 4.98 Å². The van der Waals surface area contributed by atoms with Crippen molar-refractivity contribution in [1.82, 2.24) is 19.9 Å². The van der Waals surface area contributed by atoms with Gasteiger partial charge in [0, 0.05) is 67.3 Å². The maximum Gasteiger partial charge on any atom is 0.490 e. The second-order valence-electron chi connectivity index (χ2n) is 8.30. The topological polar surface area (TPSA) is 94.5 Å². The van der Waals surface area contributed by atoms with Crippen molar-refractivity contribution in [2.45, 2.75) is 26.9 Å². The highest BCUT2D eigenvalue weighted by Crippen LogP contribution is 2.27. The highest BCUT2D eigenvalue weighted by molar-refractivity contribution is 5.73. The molecule has 36 heavy (non-hydrogen) atoms. The Labute approximate surface area is 207 Å². The lowest BCUT2D eigenvalue weighted by Gasteiger charge is -2.36. The van der Waals surface area contributed by atoms with Gasteiger partial charge in [0.1, 0.15) is 5.82 Å². The van der Waals surface area contributed by atoms with Crippen LogP contribution in [-0.4, -0.2) is 69.8 Å². The summed E-state index contributed by atoms with van der Waals surface area (Å²) in [6.45, 7) is 12.0. The molecule has 1 saturated heterocycles. The molecule has 0 amide bonds. The second kappa shape index (κ2) is 11.8. The summed E-state index contributed by atoms with van der Waals surface area (Å²) in [6, 6.07) is 12.4. The van der Waals surface area contributed by atoms with E-state index in [9.17, 15) is 13.2 Å². The van der Waals surface area contributed by atoms with E-state index in [0.717, 1.165) is 55.5 Å². The zero-order valence-electron chi connectivity index (χ0n) is 20.4. The predicted molar refractivity (Wildman–Crippen MR) is 132 cm³/mol. The van der Waals surface area contributed by atoms with Crippen molar-refractivity contribution >= 4 is 23.2 Å². The SMILES string of the molecule is CCN1CCN(c2ccc(Nc3cc(C)nc(-c4ccncc4)n3)cc2C)CC1.O=C(O)C(F)(F)F. The van der Waals surface area contributed by atoms with E-state index in [0.29, 0.717) is 5.82 Å². The molecular formula is C25H29F3N6O2. The van der Waals surface area contributed by atoms with Crippen molar-refractivity contribution in [2.75, 3.05) is 42.9 Å². The third-order valence-electron chi connectivity index (χ3n) is 5.66. The van der Waals surface area contributed by atoms with Gasteiger partial charge in [0.25, 0.3) is 0 Å². The van der Waals surface area contributed by atoms with Crippen molar-refractivity contribution in [2.24, 2.45) is 0 Å². The Bertz CT molecular complexity index is 1170. The Balaban J connectivity index is 0.000000454. The fourth-order valence-corrected chi connectivity index (χ4v) is 3.80. The number of halogens is 3. The summed E-state index contributed by atoms with van der Waals surface area (Å²) in [5, 5.41) is 10.6. The molecule has 2 aromatic heterocycles. The van der Waals surface area contributed by atoms with Crippen LogP contribution in [0.2, 0.25) is 0 Å². The van der Waals surface area contributed by atoms with Crippen LogP contribution >= 0.6 is 0 Å². The molecule has 0 unspecified atom stereocenters. The summed E-state index contributed by atoms with van der Waals surface area (Å²) in [7, 11) is 0. The standard InChI is InChI=1S/C23H28N6.C2HF3O2/c1-4-28-11-13-29(14-12-28)21-6-5-20(15-17(21)2)26-22-16-18(3)25-23(27-22)19-7-9-24-10-8-19;3-2(4,5)1(6)7/h5-10,15-16H,4,11-14H2,1-3H3,(H,25,26,27);(H,6,7). The normalized spacial score (nSPS) is 14.1. The molecule has 1 aromatic carbocycles. The van der Waals surface area contributed by atoms with E-state index in [1.54, 1.807) is 12.4 Å². The van der Waals surface area contributed by atoms with Gasteiger partial charge in [-0.2, -0.15) is 13.2 Å². The Morgan fingerprint density at radius 3 is 2.22 bits per heavy atom. The van der Waals surface area contributed by atoms with Crippen LogP contribution in [0.15, 0.2) is 48.8 Å². The zero-order valence-corrected chi connectivity index (χ0v) is 20.4. The number of aryl methyl sites for hydroxylation is 2. The Morgan fingerprint density at radius 2 is 1.67 bits per heavy atom. The molecule has 3 aromatic rings. The average molecular weight is 503 g/mol. The quantitative estimate of drug-likeness (QED) is 0.520. The van der Waals surface area contributed by atoms with E-state index in [4.69, 9.17) is 14.9 Å². The van der Waals surface area contributed by atoms with Crippen LogP contribution in [0, 0.1) is 13.8 Å². The van der Waals surface area contributed by atoms with Gasteiger partial charge in [-0.15, -0.1) is 0 Å². The van der Waals surface area contributed by atoms with Crippen LogP contribution in [0.3, 0.4) is 0 Å². The first-order valence-electron chi connectivity index (χ1n) is 11.5. The number of benzene rings is 1. The van der Waals surface area contributed by atoms with Crippen LogP contribution in [0.25, 0.3) is 11.4 Å². The lowest BCUT2D eigenvalue weighted by Crippen LogP contribution is -2.46. The highest BCUT2D eigenvalue weighted by Gasteiger charge is 2.38. The average Bonchev–Trinajstić information content (AvgIpc) is 2.84. The van der Waals surface area contributed by atoms with Gasteiger partial charge < -0.3 is 20.2 Å². The van der Waals surface area contributed by atoms with Gasteiger partial charge in [0.05, 0.1) is 0 Å². The van der Waals surface area contributed by atoms with Crippen LogP contribution < -0.4 is 10.2 Å². The number of hydrogen-bond donors (Lipinski definition) is 2. The molecule has 0 saturated carbocycles. The van der Waals surface area contributed by atoms with Crippen LogP contribution in [0.4, 0.5) is 30.4 Å². The molecule has 2 N–H and O–H groups in total. The summed E-state index contributed by atoms with van der Waals surface area (Å²) in [5.74, 6) is -1.25. The number of pyridine rings is 1. The first-order valence-corrected chi connectivity index (χ1v) is 11.5. The summed E-state index contributed by atoms with van der Waals surface area (Å²) in [6.07, 6.45) is -1.56. The van der Waals surface area contributed by atoms with Crippen molar-refractivity contribution in [3.05, 3.63) is 60.0 Å². The Hall–Kier alpha value is -3.73. The van der Waals surface area contributed by atoms with E-state index in [1.807, 2.05) is 25.1 Å². The maximum atomic E-state index is 10.6. The highest BCUT2D eigenvalue weighted by atomic mass is 19.4. The number of carbonyl (C=O) groups is 1. The van der Waals surface area contributed by atoms with E-state index >= 15 is 0 Å². The number of carboxylic acids is 1. The number of aromatic nitrogens is 3. The van der Waals surface area contributed by atoms with E-state index in [1.165, 1.54) is 11.3 Å². The zero-order chi connectivity index (χ0) is 26.3. The molecule has 0 spiro atoms.